The van der Waals surface area contributed by atoms with Crippen LogP contribution >= 0.6 is 0 Å². The molecule has 0 spiro atoms. The Kier molecular flexibility index (Phi) is 2.94. The molecule has 86 valence electrons. The maximum absolute atomic E-state index is 10.7. The van der Waals surface area contributed by atoms with Crippen LogP contribution in [0.3, 0.4) is 0 Å². The van der Waals surface area contributed by atoms with Gasteiger partial charge in [0.1, 0.15) is 12.1 Å². The van der Waals surface area contributed by atoms with Crippen LogP contribution in [0.1, 0.15) is 36.0 Å². The number of nitrogens with two attached hydrogens (primary N) is 1. The zero-order valence-corrected chi connectivity index (χ0v) is 8.84. The van der Waals surface area contributed by atoms with Gasteiger partial charge in [-0.15, -0.1) is 0 Å². The van der Waals surface area contributed by atoms with Crippen LogP contribution in [-0.4, -0.2) is 22.2 Å². The minimum Gasteiger partial charge on any atom is -0.480 e. The van der Waals surface area contributed by atoms with Gasteiger partial charge in [0.15, 0.2) is 0 Å². The number of carboxylic acids is 1. The summed E-state index contributed by atoms with van der Waals surface area (Å²) in [7, 11) is 0. The van der Waals surface area contributed by atoms with Crippen molar-refractivity contribution in [2.24, 2.45) is 5.73 Å². The lowest BCUT2D eigenvalue weighted by molar-refractivity contribution is -0.141. The molecule has 1 aromatic rings. The summed E-state index contributed by atoms with van der Waals surface area (Å²) < 4.78 is 0. The Morgan fingerprint density at radius 3 is 2.56 bits per heavy atom. The molecule has 2 unspecified atom stereocenters. The number of benzene rings is 1. The van der Waals surface area contributed by atoms with E-state index < -0.39 is 18.1 Å². The number of aliphatic hydroxyl groups is 1. The van der Waals surface area contributed by atoms with Crippen molar-refractivity contribution in [2.45, 2.75) is 30.9 Å². The summed E-state index contributed by atoms with van der Waals surface area (Å²) in [6.07, 6.45) is 1.08. The molecule has 4 nitrogen and oxygen atoms in total. The molecule has 1 aliphatic carbocycles. The van der Waals surface area contributed by atoms with E-state index in [9.17, 15) is 9.90 Å². The number of hydrogen-bond donors (Lipinski definition) is 3. The van der Waals surface area contributed by atoms with E-state index in [4.69, 9.17) is 10.8 Å². The molecule has 0 bridgehead atoms. The lowest BCUT2D eigenvalue weighted by Gasteiger charge is -2.18. The van der Waals surface area contributed by atoms with Crippen LogP contribution in [0.2, 0.25) is 0 Å². The van der Waals surface area contributed by atoms with Crippen molar-refractivity contribution in [3.8, 4) is 0 Å². The Bertz CT molecular complexity index is 401. The maximum atomic E-state index is 10.7. The number of carbonyl (C=O) groups is 1. The number of rotatable bonds is 4. The topological polar surface area (TPSA) is 83.6 Å². The van der Waals surface area contributed by atoms with E-state index in [-0.39, 0.29) is 0 Å². The zero-order chi connectivity index (χ0) is 11.7. The molecule has 0 aliphatic heterocycles. The zero-order valence-electron chi connectivity index (χ0n) is 8.84. The van der Waals surface area contributed by atoms with Crippen LogP contribution in [0.25, 0.3) is 0 Å². The standard InChI is InChI=1S/C12H15NO3/c13-10(12(15)16)11(14)9-4-2-1-3-8(9)7-5-6-7/h1-4,7,10-11,14H,5-6,13H2,(H,15,16). The minimum absolute atomic E-state index is 0.465. The van der Waals surface area contributed by atoms with Crippen LogP contribution in [0.15, 0.2) is 24.3 Å². The van der Waals surface area contributed by atoms with E-state index in [1.54, 1.807) is 12.1 Å². The van der Waals surface area contributed by atoms with E-state index in [1.807, 2.05) is 12.1 Å². The first-order valence-corrected chi connectivity index (χ1v) is 5.36. The number of aliphatic carboxylic acids is 1. The molecule has 0 saturated heterocycles. The number of aliphatic hydroxyl groups excluding tert-OH is 1. The molecule has 0 amide bonds. The second-order valence-corrected chi connectivity index (χ2v) is 4.21. The Morgan fingerprint density at radius 1 is 1.38 bits per heavy atom. The number of carboxylic acid groups (broad SMARTS) is 1. The molecule has 2 atom stereocenters. The van der Waals surface area contributed by atoms with Gasteiger partial charge in [-0.25, -0.2) is 0 Å². The van der Waals surface area contributed by atoms with Crippen LogP contribution in [-0.2, 0) is 4.79 Å². The van der Waals surface area contributed by atoms with Crippen LogP contribution in [0.5, 0.6) is 0 Å². The molecule has 0 heterocycles. The van der Waals surface area contributed by atoms with Gasteiger partial charge in [-0.05, 0) is 29.9 Å². The second kappa shape index (κ2) is 4.23. The third kappa shape index (κ3) is 2.08. The predicted octanol–water partition coefficient (Wildman–Crippen LogP) is 1.01. The highest BCUT2D eigenvalue weighted by molar-refractivity contribution is 5.74. The molecular formula is C12H15NO3. The van der Waals surface area contributed by atoms with Crippen LogP contribution in [0.4, 0.5) is 0 Å². The normalized spacial score (nSPS) is 19.1. The smallest absolute Gasteiger partial charge is 0.323 e. The van der Waals surface area contributed by atoms with Crippen molar-refractivity contribution in [3.63, 3.8) is 0 Å². The van der Waals surface area contributed by atoms with Gasteiger partial charge in [0, 0.05) is 0 Å². The lowest BCUT2D eigenvalue weighted by Crippen LogP contribution is -2.36. The van der Waals surface area contributed by atoms with E-state index in [2.05, 4.69) is 0 Å². The summed E-state index contributed by atoms with van der Waals surface area (Å²) in [5.74, 6) is -0.718. The van der Waals surface area contributed by atoms with E-state index >= 15 is 0 Å². The fraction of sp³-hybridized carbons (Fsp3) is 0.417. The summed E-state index contributed by atoms with van der Waals surface area (Å²) >= 11 is 0. The molecule has 2 rings (SSSR count). The highest BCUT2D eigenvalue weighted by Gasteiger charge is 2.31. The average molecular weight is 221 g/mol. The van der Waals surface area contributed by atoms with Gasteiger partial charge < -0.3 is 15.9 Å². The van der Waals surface area contributed by atoms with E-state index in [0.717, 1.165) is 18.4 Å². The summed E-state index contributed by atoms with van der Waals surface area (Å²) in [5, 5.41) is 18.7. The molecule has 4 heteroatoms. The average Bonchev–Trinajstić information content (AvgIpc) is 3.11. The fourth-order valence-electron chi connectivity index (χ4n) is 1.87. The minimum atomic E-state index is -1.26. The third-order valence-corrected chi connectivity index (χ3v) is 2.96. The van der Waals surface area contributed by atoms with Crippen LogP contribution in [0, 0.1) is 0 Å². The Labute approximate surface area is 93.7 Å². The molecule has 1 saturated carbocycles. The predicted molar refractivity (Wildman–Crippen MR) is 59.0 cm³/mol. The highest BCUT2D eigenvalue weighted by atomic mass is 16.4. The summed E-state index contributed by atoms with van der Waals surface area (Å²) in [4.78, 5) is 10.7. The fourth-order valence-corrected chi connectivity index (χ4v) is 1.87. The Morgan fingerprint density at radius 2 is 2.00 bits per heavy atom. The molecule has 0 aromatic heterocycles. The van der Waals surface area contributed by atoms with Crippen molar-refractivity contribution < 1.29 is 15.0 Å². The lowest BCUT2D eigenvalue weighted by atomic mass is 9.95. The van der Waals surface area contributed by atoms with Gasteiger partial charge in [-0.2, -0.15) is 0 Å². The Balaban J connectivity index is 2.28. The highest BCUT2D eigenvalue weighted by Crippen LogP contribution is 2.43. The molecule has 1 fully saturated rings. The van der Waals surface area contributed by atoms with Crippen molar-refractivity contribution in [2.75, 3.05) is 0 Å². The first-order valence-electron chi connectivity index (χ1n) is 5.36. The molecule has 1 aromatic carbocycles. The molecule has 0 radical (unpaired) electrons. The van der Waals surface area contributed by atoms with E-state index in [0.29, 0.717) is 11.5 Å². The van der Waals surface area contributed by atoms with Gasteiger partial charge >= 0.3 is 5.97 Å². The monoisotopic (exact) mass is 221 g/mol. The SMILES string of the molecule is NC(C(=O)O)C(O)c1ccccc1C1CC1. The maximum Gasteiger partial charge on any atom is 0.323 e. The molecular weight excluding hydrogens is 206 g/mol. The number of hydrogen-bond acceptors (Lipinski definition) is 3. The summed E-state index contributed by atoms with van der Waals surface area (Å²) in [5.41, 5.74) is 7.12. The van der Waals surface area contributed by atoms with Gasteiger partial charge in [0.25, 0.3) is 0 Å². The van der Waals surface area contributed by atoms with E-state index in [1.165, 1.54) is 0 Å². The van der Waals surface area contributed by atoms with Gasteiger partial charge in [-0.3, -0.25) is 4.79 Å². The molecule has 16 heavy (non-hydrogen) atoms. The first kappa shape index (κ1) is 11.1. The van der Waals surface area contributed by atoms with Gasteiger partial charge in [0.05, 0.1) is 0 Å². The summed E-state index contributed by atoms with van der Waals surface area (Å²) in [6, 6.07) is 6.11. The Hall–Kier alpha value is -1.39. The quantitative estimate of drug-likeness (QED) is 0.708. The third-order valence-electron chi connectivity index (χ3n) is 2.96. The first-order chi connectivity index (χ1) is 7.61. The van der Waals surface area contributed by atoms with Crippen molar-refractivity contribution >= 4 is 5.97 Å². The largest absolute Gasteiger partial charge is 0.480 e. The van der Waals surface area contributed by atoms with Gasteiger partial charge in [-0.1, -0.05) is 24.3 Å². The van der Waals surface area contributed by atoms with Crippen molar-refractivity contribution in [3.05, 3.63) is 35.4 Å². The van der Waals surface area contributed by atoms with Crippen molar-refractivity contribution in [1.29, 1.82) is 0 Å². The van der Waals surface area contributed by atoms with Crippen molar-refractivity contribution in [1.82, 2.24) is 0 Å². The van der Waals surface area contributed by atoms with Crippen LogP contribution < -0.4 is 5.73 Å². The second-order valence-electron chi connectivity index (χ2n) is 4.21. The molecule has 4 N–H and O–H groups in total. The summed E-state index contributed by atoms with van der Waals surface area (Å²) in [6.45, 7) is 0. The molecule has 1 aliphatic rings. The van der Waals surface area contributed by atoms with Gasteiger partial charge in [0.2, 0.25) is 0 Å².